The third kappa shape index (κ3) is 3.68. The van der Waals surface area contributed by atoms with Crippen LogP contribution in [0.15, 0.2) is 89.9 Å². The van der Waals surface area contributed by atoms with Crippen molar-refractivity contribution in [1.29, 1.82) is 0 Å². The molecular weight excluding hydrogens is 372 g/mol. The summed E-state index contributed by atoms with van der Waals surface area (Å²) in [5.41, 5.74) is 1.31. The molecule has 1 N–H and O–H groups in total. The minimum atomic E-state index is -0.429. The number of carbonyl (C=O) groups is 1. The van der Waals surface area contributed by atoms with Gasteiger partial charge in [-0.2, -0.15) is 0 Å². The van der Waals surface area contributed by atoms with E-state index in [1.54, 1.807) is 24.4 Å². The molecule has 0 radical (unpaired) electrons. The number of amides is 1. The number of carbonyl (C=O) groups excluding carboxylic acids is 1. The predicted molar refractivity (Wildman–Crippen MR) is 113 cm³/mol. The first kappa shape index (κ1) is 18.0. The topological polar surface area (TPSA) is 51.1 Å². The smallest absolute Gasteiger partial charge is 0.263 e. The van der Waals surface area contributed by atoms with Gasteiger partial charge >= 0.3 is 0 Å². The Labute approximate surface area is 167 Å². The maximum absolute atomic E-state index is 12.8. The molecule has 4 aromatic rings. The third-order valence-corrected chi connectivity index (χ3v) is 4.78. The predicted octanol–water partition coefficient (Wildman–Crippen LogP) is 4.96. The lowest BCUT2D eigenvalue weighted by Gasteiger charge is -2.11. The van der Waals surface area contributed by atoms with Crippen LogP contribution < -0.4 is 10.9 Å². The molecule has 0 atom stereocenters. The number of pyridine rings is 1. The maximum Gasteiger partial charge on any atom is 0.263 e. The van der Waals surface area contributed by atoms with E-state index in [9.17, 15) is 9.59 Å². The molecule has 0 unspecified atom stereocenters. The fourth-order valence-corrected chi connectivity index (χ4v) is 3.40. The van der Waals surface area contributed by atoms with E-state index in [1.165, 1.54) is 10.6 Å². The number of nitrogens with zero attached hydrogens (tertiary/aromatic N) is 1. The van der Waals surface area contributed by atoms with E-state index >= 15 is 0 Å². The summed E-state index contributed by atoms with van der Waals surface area (Å²) in [5.74, 6) is -0.429. The van der Waals surface area contributed by atoms with E-state index in [4.69, 9.17) is 11.6 Å². The first-order chi connectivity index (χ1) is 13.6. The van der Waals surface area contributed by atoms with Crippen molar-refractivity contribution in [2.24, 2.45) is 0 Å². The molecule has 0 spiro atoms. The Morgan fingerprint density at radius 2 is 1.71 bits per heavy atom. The zero-order valence-electron chi connectivity index (χ0n) is 14.9. The average Bonchev–Trinajstić information content (AvgIpc) is 2.70. The van der Waals surface area contributed by atoms with Gasteiger partial charge in [0.2, 0.25) is 0 Å². The Balaban J connectivity index is 1.64. The SMILES string of the molecule is O=C(Nc1cccc2ccccc12)c1cccn(Cc2cccc(Cl)c2)c1=O. The lowest BCUT2D eigenvalue weighted by Crippen LogP contribution is -2.29. The van der Waals surface area contributed by atoms with E-state index in [0.29, 0.717) is 17.3 Å². The van der Waals surface area contributed by atoms with Crippen molar-refractivity contribution in [3.63, 3.8) is 0 Å². The van der Waals surface area contributed by atoms with E-state index in [1.807, 2.05) is 54.6 Å². The van der Waals surface area contributed by atoms with Crippen LogP contribution >= 0.6 is 11.6 Å². The van der Waals surface area contributed by atoms with Gasteiger partial charge in [0.15, 0.2) is 0 Å². The van der Waals surface area contributed by atoms with Gasteiger partial charge in [0, 0.05) is 22.3 Å². The van der Waals surface area contributed by atoms with Gasteiger partial charge in [-0.15, -0.1) is 0 Å². The molecular formula is C23H17ClN2O2. The Hall–Kier alpha value is -3.37. The Kier molecular flexibility index (Phi) is 4.96. The van der Waals surface area contributed by atoms with E-state index < -0.39 is 5.91 Å². The lowest BCUT2D eigenvalue weighted by molar-refractivity contribution is 0.102. The van der Waals surface area contributed by atoms with Crippen molar-refractivity contribution < 1.29 is 4.79 Å². The van der Waals surface area contributed by atoms with Crippen molar-refractivity contribution in [3.8, 4) is 0 Å². The van der Waals surface area contributed by atoms with Gasteiger partial charge in [0.1, 0.15) is 5.56 Å². The summed E-state index contributed by atoms with van der Waals surface area (Å²) >= 11 is 6.02. The molecule has 5 heteroatoms. The molecule has 0 aliphatic rings. The number of halogens is 1. The highest BCUT2D eigenvalue weighted by molar-refractivity contribution is 6.30. The number of nitrogens with one attached hydrogen (secondary N) is 1. The minimum absolute atomic E-state index is 0.0949. The third-order valence-electron chi connectivity index (χ3n) is 4.54. The minimum Gasteiger partial charge on any atom is -0.321 e. The molecule has 0 aliphatic carbocycles. The molecule has 1 aromatic heterocycles. The van der Waals surface area contributed by atoms with Crippen LogP contribution in [0.2, 0.25) is 5.02 Å². The fraction of sp³-hybridized carbons (Fsp3) is 0.0435. The van der Waals surface area contributed by atoms with Crippen LogP contribution in [0.3, 0.4) is 0 Å². The molecule has 3 aromatic carbocycles. The second kappa shape index (κ2) is 7.71. The quantitative estimate of drug-likeness (QED) is 0.537. The van der Waals surface area contributed by atoms with Gasteiger partial charge < -0.3 is 9.88 Å². The second-order valence-electron chi connectivity index (χ2n) is 6.47. The van der Waals surface area contributed by atoms with Crippen molar-refractivity contribution in [2.45, 2.75) is 6.54 Å². The fourth-order valence-electron chi connectivity index (χ4n) is 3.19. The number of anilines is 1. The van der Waals surface area contributed by atoms with Crippen LogP contribution in [0.25, 0.3) is 10.8 Å². The molecule has 1 heterocycles. The van der Waals surface area contributed by atoms with Crippen molar-refractivity contribution in [3.05, 3.63) is 112 Å². The Morgan fingerprint density at radius 3 is 2.57 bits per heavy atom. The van der Waals surface area contributed by atoms with Gasteiger partial charge in [-0.1, -0.05) is 60.1 Å². The number of hydrogen-bond donors (Lipinski definition) is 1. The molecule has 1 amide bonds. The molecule has 0 fully saturated rings. The molecule has 4 nitrogen and oxygen atoms in total. The first-order valence-corrected chi connectivity index (χ1v) is 9.22. The highest BCUT2D eigenvalue weighted by Crippen LogP contribution is 2.23. The van der Waals surface area contributed by atoms with Gasteiger partial charge in [-0.3, -0.25) is 9.59 Å². The van der Waals surface area contributed by atoms with Crippen molar-refractivity contribution in [1.82, 2.24) is 4.57 Å². The highest BCUT2D eigenvalue weighted by Gasteiger charge is 2.14. The summed E-state index contributed by atoms with van der Waals surface area (Å²) in [5, 5.41) is 5.42. The van der Waals surface area contributed by atoms with E-state index in [2.05, 4.69) is 5.32 Å². The molecule has 4 rings (SSSR count). The largest absolute Gasteiger partial charge is 0.321 e. The van der Waals surface area contributed by atoms with Crippen molar-refractivity contribution >= 4 is 34.0 Å². The van der Waals surface area contributed by atoms with Crippen LogP contribution in [0.5, 0.6) is 0 Å². The number of benzene rings is 3. The van der Waals surface area contributed by atoms with Gasteiger partial charge in [-0.05, 0) is 41.3 Å². The van der Waals surface area contributed by atoms with Crippen LogP contribution in [0, 0.1) is 0 Å². The average molecular weight is 389 g/mol. The summed E-state index contributed by atoms with van der Waals surface area (Å²) in [6.45, 7) is 0.342. The van der Waals surface area contributed by atoms with E-state index in [0.717, 1.165) is 16.3 Å². The normalized spacial score (nSPS) is 10.8. The second-order valence-corrected chi connectivity index (χ2v) is 6.90. The lowest BCUT2D eigenvalue weighted by atomic mass is 10.1. The van der Waals surface area contributed by atoms with Gasteiger partial charge in [0.05, 0.1) is 6.54 Å². The molecule has 0 saturated heterocycles. The number of fused-ring (bicyclic) bond motifs is 1. The molecule has 28 heavy (non-hydrogen) atoms. The first-order valence-electron chi connectivity index (χ1n) is 8.85. The number of rotatable bonds is 4. The summed E-state index contributed by atoms with van der Waals surface area (Å²) in [6, 6.07) is 24.0. The molecule has 138 valence electrons. The molecule has 0 aliphatic heterocycles. The Morgan fingerprint density at radius 1 is 0.929 bits per heavy atom. The van der Waals surface area contributed by atoms with Gasteiger partial charge in [-0.25, -0.2) is 0 Å². The van der Waals surface area contributed by atoms with Crippen LogP contribution in [0.4, 0.5) is 5.69 Å². The zero-order valence-corrected chi connectivity index (χ0v) is 15.7. The van der Waals surface area contributed by atoms with Crippen molar-refractivity contribution in [2.75, 3.05) is 5.32 Å². The number of hydrogen-bond acceptors (Lipinski definition) is 2. The summed E-state index contributed by atoms with van der Waals surface area (Å²) in [6.07, 6.45) is 1.66. The highest BCUT2D eigenvalue weighted by atomic mass is 35.5. The number of aromatic nitrogens is 1. The van der Waals surface area contributed by atoms with E-state index in [-0.39, 0.29) is 11.1 Å². The summed E-state index contributed by atoms with van der Waals surface area (Å²) in [7, 11) is 0. The van der Waals surface area contributed by atoms with Crippen LogP contribution in [-0.2, 0) is 6.54 Å². The summed E-state index contributed by atoms with van der Waals surface area (Å²) < 4.78 is 1.50. The van der Waals surface area contributed by atoms with Crippen LogP contribution in [0.1, 0.15) is 15.9 Å². The monoisotopic (exact) mass is 388 g/mol. The van der Waals surface area contributed by atoms with Crippen LogP contribution in [-0.4, -0.2) is 10.5 Å². The zero-order chi connectivity index (χ0) is 19.5. The molecule has 0 bridgehead atoms. The van der Waals surface area contributed by atoms with Gasteiger partial charge in [0.25, 0.3) is 11.5 Å². The summed E-state index contributed by atoms with van der Waals surface area (Å²) in [4.78, 5) is 25.6. The Bertz CT molecular complexity index is 1230. The standard InChI is InChI=1S/C23H17ClN2O2/c24-18-9-3-6-16(14-18)15-26-13-5-11-20(23(26)28)22(27)25-21-12-4-8-17-7-1-2-10-19(17)21/h1-14H,15H2,(H,25,27). The maximum atomic E-state index is 12.8. The molecule has 0 saturated carbocycles.